The lowest BCUT2D eigenvalue weighted by Gasteiger charge is -2.40. The number of likely N-dealkylation sites (N-methyl/N-ethyl adjacent to an activating group) is 7. The summed E-state index contributed by atoms with van der Waals surface area (Å²) in [6, 6.07) is -29.9. The van der Waals surface area contributed by atoms with Gasteiger partial charge in [-0.1, -0.05) is 218 Å². The van der Waals surface area contributed by atoms with Crippen LogP contribution in [-0.4, -0.2) is 303 Å². The molecule has 0 heterocycles. The maximum absolute atomic E-state index is 12.1. The van der Waals surface area contributed by atoms with E-state index in [-0.39, 0.29) is 9.80 Å². The number of nitrogens with zero attached hydrogens (tertiary/aromatic N) is 7. The molecule has 7 atom stereocenters. The minimum atomic E-state index is -4.71. The highest BCUT2D eigenvalue weighted by molar-refractivity contribution is 5.38. The van der Waals surface area contributed by atoms with Gasteiger partial charge in [-0.25, -0.2) is 0 Å². The van der Waals surface area contributed by atoms with E-state index in [0.29, 0.717) is 21.7 Å². The molecule has 7 aliphatic carbocycles. The van der Waals surface area contributed by atoms with Crippen molar-refractivity contribution in [1.82, 2.24) is 34.3 Å². The van der Waals surface area contributed by atoms with Crippen LogP contribution in [0, 0.1) is 0 Å². The Balaban J connectivity index is 0.000000365. The van der Waals surface area contributed by atoms with Crippen LogP contribution in [-0.2, 0) is 0 Å². The molecule has 0 bridgehead atoms. The Labute approximate surface area is 1020 Å². The maximum atomic E-state index is 12.1. The van der Waals surface area contributed by atoms with Crippen molar-refractivity contribution in [3.05, 3.63) is 208 Å². The monoisotopic (exact) mass is 2070 g/mol. The average Bonchev–Trinajstić information content (AvgIpc) is 0.641. The molecule has 0 aliphatic heterocycles. The summed E-state index contributed by atoms with van der Waals surface area (Å²) in [6.45, 7) is -41.6. The average molecular weight is 2070 g/mol. The zero-order valence-electron chi connectivity index (χ0n) is 204. The van der Waals surface area contributed by atoms with Gasteiger partial charge in [-0.05, 0) is 311 Å². The van der Waals surface area contributed by atoms with Crippen molar-refractivity contribution >= 4 is 0 Å². The molecule has 7 saturated carbocycles. The lowest BCUT2D eigenvalue weighted by molar-refractivity contribution is -0.0280. The molecule has 7 unspecified atom stereocenters. The first kappa shape index (κ1) is 32.3. The van der Waals surface area contributed by atoms with Gasteiger partial charge in [-0.15, -0.1) is 0 Å². The van der Waals surface area contributed by atoms with Gasteiger partial charge >= 0.3 is 0 Å². The number of aliphatic hydroxyl groups is 7. The Morgan fingerprint density at radius 3 is 0.607 bits per heavy atom. The minimum absolute atomic E-state index is 0.125. The summed E-state index contributed by atoms with van der Waals surface area (Å²) in [4.78, 5) is 1.18. The van der Waals surface area contributed by atoms with E-state index in [1.165, 1.54) is 14.1 Å². The molecule has 7 aliphatic rings. The van der Waals surface area contributed by atoms with E-state index in [2.05, 4.69) is 0 Å². The fraction of sp³-hybridized carbons (Fsp3) is 0.647. The van der Waals surface area contributed by atoms with Gasteiger partial charge < -0.3 is 103 Å². The molecule has 7 N–H and O–H groups in total. The standard InChI is InChI=1S/7C17H27NO2/c7*1-18(2)13-16(17(19)11-5-4-6-12-17)14-7-9-15(20-3)10-8-14/h7*7-10,16,19H,4-6,11-13H2,1-3H3/i1D3,2D3,4D2,5D2,6D2,7D,8D,9D,10D,11D2,12D2,13D2;1D3,4D2,5D2,6D2,7D,8D,9D,10D,11D2,12D2,16D;1D3,4D2,5D2,6D2,7D,8D,9D,10D,11D2,12D2,13D2;1D3,2D3,4D2,5D2,6D2,7D,8D,9D,10D,11D2,12D2;4D2,5D2,6D2,7D,8D,9D,10D,11D2,12D2,16D;4D2,5D2,6D2,7D,8D,9D,10D,11D2,12D2,13D2;1D3,4D2,5D2,6D2,7D,8D,9D,10D,11D2,12D2. The van der Waals surface area contributed by atoms with E-state index in [0.717, 1.165) is 82.9 Å². The largest absolute Gasteiger partial charge is 0.497 e. The molecule has 784 valence electrons. The predicted octanol–water partition coefficient (Wildman–Crippen LogP) is 21.2. The van der Waals surface area contributed by atoms with Crippen LogP contribution in [0.4, 0.5) is 0 Å². The van der Waals surface area contributed by atoms with Gasteiger partial charge in [0.1, 0.15) is 40.2 Å². The first-order valence-electron chi connectivity index (χ1n) is 103. The van der Waals surface area contributed by atoms with Gasteiger partial charge in [0.25, 0.3) is 0 Å². The molecule has 21 nitrogen and oxygen atoms in total. The molecule has 7 aromatic carbocycles. The van der Waals surface area contributed by atoms with Crippen LogP contribution < -0.4 is 33.2 Å². The summed E-state index contributed by atoms with van der Waals surface area (Å²) in [6.07, 6.45) is -144. The highest BCUT2D eigenvalue weighted by atomic mass is 16.5. The third-order valence-electron chi connectivity index (χ3n) is 18.1. The SMILES string of the molecule is [2H]c1c([2H])c(C(C([2H])([2H])N(C([2H])([2H])[2H])C([2H])([2H])[2H])C2(O)C([2H])([2H])C([2H])([2H])C([2H])([2H])C([2H])([2H])C2([2H])[2H])c([2H])c([2H])c1OC.[2H]c1c([2H])c(C(C([2H])([2H])N(C)C([2H])([2H])[2H])C2(O)C([2H])([2H])C([2H])([2H])C([2H])([2H])C([2H])([2H])C2([2H])[2H])c([2H])c([2H])c1OC.[2H]c1c([2H])c(C(C([2H])([2H])N(C)C)C2(O)C([2H])([2H])C([2H])([2H])C([2H])([2H])C([2H])([2H])C2([2H])[2H])c([2H])c([2H])c1OC.[2H]c1c([2H])c(C(CN(C([2H])([2H])[2H])C([2H])([2H])[2H])C2(O)C([2H])([2H])C([2H])([2H])C([2H])([2H])C([2H])([2H])C2([2H])[2H])c([2H])c([2H])c1OC.[2H]c1c([2H])c(C(CN(C)C([2H])([2H])[2H])C2(O)C([2H])([2H])C([2H])([2H])C([2H])([2H])C([2H])([2H])C2([2H])[2H])c([2H])c([2H])c1OC.[2H]c1c([2H])c(C([2H])(CN(C)C([2H])([2H])[2H])C2(O)C([2H])([2H])C([2H])([2H])C([2H])([2H])C([2H])([2H])C2([2H])[2H])c([2H])c([2H])c1OC.[2H]c1c([2H])c(C([2H])(CN(C)C)C2(O)C([2H])([2H])C([2H])([2H])C([2H])([2H])C([2H])([2H])C2([2H])[2H])c([2H])c([2H])c1OC. The van der Waals surface area contributed by atoms with E-state index in [9.17, 15) is 38.5 Å². The molecule has 0 saturated heterocycles. The fourth-order valence-corrected chi connectivity index (χ4v) is 11.5. The lowest BCUT2D eigenvalue weighted by atomic mass is 9.72. The molecule has 0 aromatic heterocycles. The minimum Gasteiger partial charge on any atom is -0.497 e. The summed E-state index contributed by atoms with van der Waals surface area (Å²) in [5.74, 6) is -26.6. The number of rotatable bonds is 35. The van der Waals surface area contributed by atoms with Crippen molar-refractivity contribution in [3.63, 3.8) is 0 Å². The normalized spacial score (nSPS) is 47.1. The number of hydrogen-bond acceptors (Lipinski definition) is 21. The second kappa shape index (κ2) is 58.7. The molecule has 0 radical (unpaired) electrons. The van der Waals surface area contributed by atoms with E-state index < -0.39 is 651 Å². The summed E-state index contributed by atoms with van der Waals surface area (Å²) in [5, 5.41) is 83.6. The second-order valence-electron chi connectivity index (χ2n) is 28.8. The number of ether oxygens (including phenoxy) is 7. The van der Waals surface area contributed by atoms with Crippen LogP contribution in [0.3, 0.4) is 0 Å². The van der Waals surface area contributed by atoms with Crippen LogP contribution in [0.25, 0.3) is 0 Å². The maximum Gasteiger partial charge on any atom is 0.118 e. The summed E-state index contributed by atoms with van der Waals surface area (Å²) < 4.78 is 1080. The van der Waals surface area contributed by atoms with Crippen molar-refractivity contribution < 1.29 is 243 Å². The third-order valence-corrected chi connectivity index (χ3v) is 18.1. The molecule has 7 fully saturated rings. The zero-order chi connectivity index (χ0) is 214. The van der Waals surface area contributed by atoms with Crippen LogP contribution in [0.5, 0.6) is 40.2 Å². The Morgan fingerprint density at radius 1 is 0.229 bits per heavy atom. The summed E-state index contributed by atoms with van der Waals surface area (Å²) in [7, 11) is 13.9. The fourth-order valence-electron chi connectivity index (χ4n) is 11.5. The quantitative estimate of drug-likeness (QED) is 0.0196. The summed E-state index contributed by atoms with van der Waals surface area (Å²) >= 11 is 0. The second-order valence-corrected chi connectivity index (χ2v) is 28.8. The third kappa shape index (κ3) is 36.7. The van der Waals surface area contributed by atoms with Gasteiger partial charge in [-0.2, -0.15) is 0 Å². The molecule has 14 rings (SSSR count). The van der Waals surface area contributed by atoms with Crippen LogP contribution in [0.2, 0.25) is 0 Å². The molecule has 0 amide bonds. The highest BCUT2D eigenvalue weighted by Gasteiger charge is 2.46. The Bertz CT molecular complexity index is 10800. The topological polar surface area (TPSA) is 229 Å². The van der Waals surface area contributed by atoms with Gasteiger partial charge in [0.2, 0.25) is 0 Å². The van der Waals surface area contributed by atoms with Crippen molar-refractivity contribution in [2.45, 2.75) is 304 Å². The van der Waals surface area contributed by atoms with Crippen LogP contribution in [0.15, 0.2) is 169 Å². The number of methoxy groups -OCH3 is 7. The van der Waals surface area contributed by atoms with Gasteiger partial charge in [-0.3, -0.25) is 0 Å². The number of benzene rings is 7. The van der Waals surface area contributed by atoms with E-state index >= 15 is 0 Å². The van der Waals surface area contributed by atoms with Crippen LogP contribution in [0.1, 0.15) is 477 Å². The Kier molecular flexibility index (Phi) is 13.5. The molecule has 21 heteroatoms. The molecular formula is C119H189N7O14. The van der Waals surface area contributed by atoms with Crippen molar-refractivity contribution in [2.24, 2.45) is 0 Å². The summed E-state index contributed by atoms with van der Waals surface area (Å²) in [5.41, 5.74) is -38.4. The first-order chi connectivity index (χ1) is 117. The van der Waals surface area contributed by atoms with Crippen molar-refractivity contribution in [3.8, 4) is 40.2 Å². The van der Waals surface area contributed by atoms with E-state index in [1.807, 2.05) is 0 Å². The van der Waals surface area contributed by atoms with Gasteiger partial charge in [0, 0.05) is 223 Å². The molecule has 0 spiro atoms. The Hall–Kier alpha value is -7.42. The van der Waals surface area contributed by atoms with Crippen molar-refractivity contribution in [2.75, 3.05) is 194 Å². The smallest absolute Gasteiger partial charge is 0.118 e. The predicted molar refractivity (Wildman–Crippen MR) is 576 cm³/mol. The highest BCUT2D eigenvalue weighted by Crippen LogP contribution is 2.49. The van der Waals surface area contributed by atoms with Crippen molar-refractivity contribution in [1.29, 1.82) is 0 Å². The molecular weight excluding hydrogens is 1750 g/mol. The molecule has 140 heavy (non-hydrogen) atoms. The first-order valence-corrected chi connectivity index (χ1v) is 39.8. The van der Waals surface area contributed by atoms with Crippen LogP contribution >= 0.6 is 0 Å². The van der Waals surface area contributed by atoms with Gasteiger partial charge in [0.05, 0.1) is 127 Å². The van der Waals surface area contributed by atoms with E-state index in [1.54, 1.807) is 0 Å². The van der Waals surface area contributed by atoms with Gasteiger partial charge in [0.15, 0.2) is 0 Å². The van der Waals surface area contributed by atoms with E-state index in [4.69, 9.17) is 205 Å². The molecule has 7 aromatic rings. The Morgan fingerprint density at radius 2 is 0.400 bits per heavy atom. The zero-order valence-corrected chi connectivity index (χ0v) is 76.8. The lowest BCUT2D eigenvalue weighted by Crippen LogP contribution is -2.42. The number of hydrogen-bond donors (Lipinski definition) is 7.